The maximum atomic E-state index is 12.9. The fourth-order valence-corrected chi connectivity index (χ4v) is 4.38. The predicted molar refractivity (Wildman–Crippen MR) is 109 cm³/mol. The SMILES string of the molecule is CSc1cccc(CC(=O)N2CCCC(n3c(=O)[nH]c4ccccc43)C2)c1. The molecular weight excluding hydrogens is 358 g/mol. The molecule has 1 atom stereocenters. The smallest absolute Gasteiger partial charge is 0.326 e. The fraction of sp³-hybridized carbons (Fsp3) is 0.333. The average molecular weight is 382 g/mol. The molecule has 4 rings (SSSR count). The first-order valence-electron chi connectivity index (χ1n) is 9.25. The second kappa shape index (κ2) is 7.64. The first-order valence-corrected chi connectivity index (χ1v) is 10.5. The Morgan fingerprint density at radius 3 is 2.93 bits per heavy atom. The van der Waals surface area contributed by atoms with Gasteiger partial charge in [-0.25, -0.2) is 4.79 Å². The van der Waals surface area contributed by atoms with Gasteiger partial charge in [-0.2, -0.15) is 0 Å². The maximum absolute atomic E-state index is 12.9. The molecule has 6 heteroatoms. The molecule has 1 fully saturated rings. The van der Waals surface area contributed by atoms with E-state index < -0.39 is 0 Å². The molecule has 1 aliphatic heterocycles. The van der Waals surface area contributed by atoms with E-state index in [0.717, 1.165) is 36.0 Å². The number of carbonyl (C=O) groups excluding carboxylic acids is 1. The average Bonchev–Trinajstić information content (AvgIpc) is 3.04. The Balaban J connectivity index is 1.53. The number of piperidine rings is 1. The Morgan fingerprint density at radius 1 is 1.22 bits per heavy atom. The number of carbonyl (C=O) groups is 1. The number of hydrogen-bond acceptors (Lipinski definition) is 3. The number of para-hydroxylation sites is 2. The normalized spacial score (nSPS) is 17.4. The molecule has 1 N–H and O–H groups in total. The van der Waals surface area contributed by atoms with Crippen LogP contribution in [-0.4, -0.2) is 39.7 Å². The van der Waals surface area contributed by atoms with Crippen molar-refractivity contribution in [2.45, 2.75) is 30.2 Å². The van der Waals surface area contributed by atoms with Gasteiger partial charge in [0.2, 0.25) is 5.91 Å². The van der Waals surface area contributed by atoms with Crippen molar-refractivity contribution >= 4 is 28.7 Å². The largest absolute Gasteiger partial charge is 0.340 e. The van der Waals surface area contributed by atoms with Crippen molar-refractivity contribution in [3.8, 4) is 0 Å². The van der Waals surface area contributed by atoms with Crippen molar-refractivity contribution in [2.24, 2.45) is 0 Å². The summed E-state index contributed by atoms with van der Waals surface area (Å²) in [6, 6.07) is 15.9. The number of hydrogen-bond donors (Lipinski definition) is 1. The van der Waals surface area contributed by atoms with Gasteiger partial charge in [0.1, 0.15) is 0 Å². The first kappa shape index (κ1) is 17.9. The van der Waals surface area contributed by atoms with E-state index in [1.165, 1.54) is 4.90 Å². The summed E-state index contributed by atoms with van der Waals surface area (Å²) < 4.78 is 1.82. The number of H-pyrrole nitrogens is 1. The highest BCUT2D eigenvalue weighted by Gasteiger charge is 2.27. The lowest BCUT2D eigenvalue weighted by Crippen LogP contribution is -2.43. The van der Waals surface area contributed by atoms with Crippen LogP contribution in [0.3, 0.4) is 0 Å². The highest BCUT2D eigenvalue weighted by molar-refractivity contribution is 7.98. The van der Waals surface area contributed by atoms with Crippen LogP contribution in [0.1, 0.15) is 24.4 Å². The number of benzene rings is 2. The van der Waals surface area contributed by atoms with Crippen LogP contribution in [0.15, 0.2) is 58.2 Å². The van der Waals surface area contributed by atoms with Gasteiger partial charge in [-0.15, -0.1) is 11.8 Å². The van der Waals surface area contributed by atoms with Gasteiger partial charge in [0.25, 0.3) is 0 Å². The van der Waals surface area contributed by atoms with Crippen molar-refractivity contribution < 1.29 is 4.79 Å². The molecule has 1 aromatic heterocycles. The van der Waals surface area contributed by atoms with E-state index in [2.05, 4.69) is 17.1 Å². The Morgan fingerprint density at radius 2 is 2.07 bits per heavy atom. The van der Waals surface area contributed by atoms with E-state index in [1.54, 1.807) is 11.8 Å². The summed E-state index contributed by atoms with van der Waals surface area (Å²) in [4.78, 5) is 31.3. The summed E-state index contributed by atoms with van der Waals surface area (Å²) in [5.41, 5.74) is 2.70. The van der Waals surface area contributed by atoms with E-state index >= 15 is 0 Å². The Kier molecular flexibility index (Phi) is 5.07. The van der Waals surface area contributed by atoms with E-state index in [1.807, 2.05) is 52.1 Å². The monoisotopic (exact) mass is 381 g/mol. The van der Waals surface area contributed by atoms with Crippen molar-refractivity contribution in [2.75, 3.05) is 19.3 Å². The summed E-state index contributed by atoms with van der Waals surface area (Å²) in [7, 11) is 0. The van der Waals surface area contributed by atoms with Gasteiger partial charge in [0.05, 0.1) is 23.5 Å². The Bertz CT molecular complexity index is 1020. The molecular formula is C21H23N3O2S. The zero-order chi connectivity index (χ0) is 18.8. The van der Waals surface area contributed by atoms with Crippen molar-refractivity contribution in [3.63, 3.8) is 0 Å². The van der Waals surface area contributed by atoms with Crippen LogP contribution in [-0.2, 0) is 11.2 Å². The summed E-state index contributed by atoms with van der Waals surface area (Å²) in [6.45, 7) is 1.34. The molecule has 0 bridgehead atoms. The summed E-state index contributed by atoms with van der Waals surface area (Å²) in [5, 5.41) is 0. The number of fused-ring (bicyclic) bond motifs is 1. The number of amides is 1. The maximum Gasteiger partial charge on any atom is 0.326 e. The fourth-order valence-electron chi connectivity index (χ4n) is 3.90. The van der Waals surface area contributed by atoms with Gasteiger partial charge in [0.15, 0.2) is 0 Å². The first-order chi connectivity index (χ1) is 13.2. The van der Waals surface area contributed by atoms with Crippen molar-refractivity contribution in [1.29, 1.82) is 0 Å². The molecule has 0 saturated carbocycles. The number of rotatable bonds is 4. The number of nitrogens with one attached hydrogen (secondary N) is 1. The van der Waals surface area contributed by atoms with Crippen molar-refractivity contribution in [3.05, 3.63) is 64.6 Å². The van der Waals surface area contributed by atoms with E-state index in [-0.39, 0.29) is 17.6 Å². The number of likely N-dealkylation sites (tertiary alicyclic amines) is 1. The van der Waals surface area contributed by atoms with Crippen LogP contribution >= 0.6 is 11.8 Å². The molecule has 0 radical (unpaired) electrons. The topological polar surface area (TPSA) is 58.1 Å². The van der Waals surface area contributed by atoms with Gasteiger partial charge in [0, 0.05) is 18.0 Å². The molecule has 27 heavy (non-hydrogen) atoms. The zero-order valence-electron chi connectivity index (χ0n) is 15.4. The molecule has 5 nitrogen and oxygen atoms in total. The van der Waals surface area contributed by atoms with Gasteiger partial charge in [-0.1, -0.05) is 24.3 Å². The molecule has 3 aromatic rings. The number of thioether (sulfide) groups is 1. The Labute approximate surface area is 162 Å². The molecule has 2 heterocycles. The van der Waals surface area contributed by atoms with Crippen LogP contribution in [0, 0.1) is 0 Å². The summed E-state index contributed by atoms with van der Waals surface area (Å²) in [6.07, 6.45) is 4.26. The molecule has 1 aliphatic rings. The lowest BCUT2D eigenvalue weighted by atomic mass is 10.0. The minimum atomic E-state index is -0.0943. The molecule has 1 unspecified atom stereocenters. The third-order valence-electron chi connectivity index (χ3n) is 5.23. The summed E-state index contributed by atoms with van der Waals surface area (Å²) >= 11 is 1.68. The number of imidazole rings is 1. The van der Waals surface area contributed by atoms with E-state index in [0.29, 0.717) is 13.0 Å². The van der Waals surface area contributed by atoms with E-state index in [9.17, 15) is 9.59 Å². The van der Waals surface area contributed by atoms with Crippen LogP contribution in [0.2, 0.25) is 0 Å². The zero-order valence-corrected chi connectivity index (χ0v) is 16.2. The molecule has 140 valence electrons. The van der Waals surface area contributed by atoms with Crippen LogP contribution in [0.4, 0.5) is 0 Å². The molecule has 1 saturated heterocycles. The lowest BCUT2D eigenvalue weighted by Gasteiger charge is -2.33. The predicted octanol–water partition coefficient (Wildman–Crippen LogP) is 3.46. The standard InChI is InChI=1S/C21H23N3O2S/c1-27-17-8-4-6-15(12-17)13-20(25)23-11-5-7-16(14-23)24-19-10-3-2-9-18(19)22-21(24)26/h2-4,6,8-10,12,16H,5,7,11,13-14H2,1H3,(H,22,26). The summed E-state index contributed by atoms with van der Waals surface area (Å²) in [5.74, 6) is 0.130. The van der Waals surface area contributed by atoms with Gasteiger partial charge in [-0.3, -0.25) is 9.36 Å². The number of aromatic amines is 1. The highest BCUT2D eigenvalue weighted by Crippen LogP contribution is 2.25. The minimum Gasteiger partial charge on any atom is -0.340 e. The van der Waals surface area contributed by atoms with Gasteiger partial charge in [-0.05, 0) is 48.9 Å². The lowest BCUT2D eigenvalue weighted by molar-refractivity contribution is -0.132. The second-order valence-corrected chi connectivity index (χ2v) is 7.86. The molecule has 0 aliphatic carbocycles. The third kappa shape index (κ3) is 3.67. The van der Waals surface area contributed by atoms with Gasteiger partial charge < -0.3 is 9.88 Å². The number of aromatic nitrogens is 2. The third-order valence-corrected chi connectivity index (χ3v) is 5.95. The number of nitrogens with zero attached hydrogens (tertiary/aromatic N) is 2. The molecule has 1 amide bonds. The van der Waals surface area contributed by atoms with E-state index in [4.69, 9.17) is 0 Å². The van der Waals surface area contributed by atoms with Crippen LogP contribution < -0.4 is 5.69 Å². The molecule has 2 aromatic carbocycles. The van der Waals surface area contributed by atoms with Crippen molar-refractivity contribution in [1.82, 2.24) is 14.5 Å². The minimum absolute atomic E-state index is 0.0175. The highest BCUT2D eigenvalue weighted by atomic mass is 32.2. The van der Waals surface area contributed by atoms with Crippen LogP contribution in [0.5, 0.6) is 0 Å². The Hall–Kier alpha value is -2.47. The van der Waals surface area contributed by atoms with Crippen LogP contribution in [0.25, 0.3) is 11.0 Å². The quantitative estimate of drug-likeness (QED) is 0.704. The van der Waals surface area contributed by atoms with Gasteiger partial charge >= 0.3 is 5.69 Å². The second-order valence-electron chi connectivity index (χ2n) is 6.98. The molecule has 0 spiro atoms.